The second kappa shape index (κ2) is 5.42. The Labute approximate surface area is 79.5 Å². The van der Waals surface area contributed by atoms with Crippen LogP contribution in [0.5, 0.6) is 0 Å². The molecule has 2 heteroatoms. The maximum atomic E-state index is 2.33. The largest absolute Gasteiger partial charge is 0.374 e. The Bertz CT molecular complexity index is 161. The predicted molar refractivity (Wildman–Crippen MR) is 55.1 cm³/mol. The summed E-state index contributed by atoms with van der Waals surface area (Å²) in [5.74, 6) is 0. The molecule has 1 rings (SSSR count). The van der Waals surface area contributed by atoms with E-state index in [1.807, 2.05) is 0 Å². The van der Waals surface area contributed by atoms with Crippen LogP contribution in [-0.4, -0.2) is 18.0 Å². The van der Waals surface area contributed by atoms with Crippen molar-refractivity contribution < 1.29 is 0 Å². The first-order chi connectivity index (χ1) is 4.83. The molecule has 11 heavy (non-hydrogen) atoms. The van der Waals surface area contributed by atoms with Gasteiger partial charge in [0, 0.05) is 13.1 Å². The smallest absolute Gasteiger partial charge is 0.0359 e. The maximum Gasteiger partial charge on any atom is 0.0359 e. The van der Waals surface area contributed by atoms with Crippen LogP contribution >= 0.6 is 17.0 Å². The first-order valence-corrected chi connectivity index (χ1v) is 3.92. The molecule has 0 aromatic rings. The summed E-state index contributed by atoms with van der Waals surface area (Å²) < 4.78 is 0. The molecule has 0 saturated heterocycles. The fourth-order valence-corrected chi connectivity index (χ4v) is 1.07. The van der Waals surface area contributed by atoms with E-state index < -0.39 is 0 Å². The highest BCUT2D eigenvalue weighted by Crippen LogP contribution is 2.05. The lowest BCUT2D eigenvalue weighted by Gasteiger charge is -2.20. The molecule has 1 aliphatic rings. The Morgan fingerprint density at radius 3 is 2.73 bits per heavy atom. The molecule has 0 atom stereocenters. The van der Waals surface area contributed by atoms with E-state index in [-0.39, 0.29) is 17.0 Å². The summed E-state index contributed by atoms with van der Waals surface area (Å²) in [6, 6.07) is 0. The van der Waals surface area contributed by atoms with Crippen molar-refractivity contribution in [3.05, 3.63) is 23.9 Å². The first-order valence-electron chi connectivity index (χ1n) is 3.92. The number of halogens is 1. The van der Waals surface area contributed by atoms with E-state index >= 15 is 0 Å². The Balaban J connectivity index is 0.000001000. The zero-order valence-electron chi connectivity index (χ0n) is 7.21. The molecule has 1 heterocycles. The van der Waals surface area contributed by atoms with E-state index in [0.29, 0.717) is 0 Å². The minimum atomic E-state index is 0. The molecule has 0 unspecified atom stereocenters. The van der Waals surface area contributed by atoms with Gasteiger partial charge < -0.3 is 4.90 Å². The van der Waals surface area contributed by atoms with E-state index in [4.69, 9.17) is 0 Å². The van der Waals surface area contributed by atoms with Crippen molar-refractivity contribution in [2.45, 2.75) is 20.3 Å². The molecule has 0 N–H and O–H groups in total. The average Bonchev–Trinajstić information content (AvgIpc) is 1.95. The number of allylic oxidation sites excluding steroid dienone is 2. The van der Waals surface area contributed by atoms with Gasteiger partial charge in [-0.3, -0.25) is 0 Å². The summed E-state index contributed by atoms with van der Waals surface area (Å²) in [6.45, 7) is 6.62. The van der Waals surface area contributed by atoms with Crippen LogP contribution in [0.15, 0.2) is 23.9 Å². The molecule has 0 radical (unpaired) electrons. The zero-order valence-corrected chi connectivity index (χ0v) is 8.92. The summed E-state index contributed by atoms with van der Waals surface area (Å²) in [6.07, 6.45) is 7.84. The van der Waals surface area contributed by atoms with Gasteiger partial charge in [-0.1, -0.05) is 18.6 Å². The second-order valence-electron chi connectivity index (χ2n) is 2.76. The minimum absolute atomic E-state index is 0. The SMILES string of the molecule is Br.CCCN1C=CC(C)=CC1. The molecule has 64 valence electrons. The number of hydrogen-bond acceptors (Lipinski definition) is 1. The predicted octanol–water partition coefficient (Wildman–Crippen LogP) is 2.75. The van der Waals surface area contributed by atoms with Gasteiger partial charge in [0.05, 0.1) is 0 Å². The Morgan fingerprint density at radius 2 is 2.27 bits per heavy atom. The van der Waals surface area contributed by atoms with E-state index in [0.717, 1.165) is 6.54 Å². The summed E-state index contributed by atoms with van der Waals surface area (Å²) in [5.41, 5.74) is 1.38. The second-order valence-corrected chi connectivity index (χ2v) is 2.76. The molecule has 0 bridgehead atoms. The normalized spacial score (nSPS) is 15.8. The molecule has 0 amide bonds. The van der Waals surface area contributed by atoms with Crippen LogP contribution in [0.25, 0.3) is 0 Å². The molecule has 0 saturated carbocycles. The van der Waals surface area contributed by atoms with Crippen LogP contribution in [0.3, 0.4) is 0 Å². The molecule has 0 aliphatic carbocycles. The highest BCUT2D eigenvalue weighted by molar-refractivity contribution is 8.93. The molecule has 0 aromatic carbocycles. The zero-order chi connectivity index (χ0) is 7.40. The quantitative estimate of drug-likeness (QED) is 0.688. The fraction of sp³-hybridized carbons (Fsp3) is 0.556. The number of rotatable bonds is 2. The van der Waals surface area contributed by atoms with Gasteiger partial charge in [-0.2, -0.15) is 0 Å². The van der Waals surface area contributed by atoms with Gasteiger partial charge in [0.25, 0.3) is 0 Å². The molecular weight excluding hydrogens is 202 g/mol. The molecule has 0 fully saturated rings. The highest BCUT2D eigenvalue weighted by atomic mass is 79.9. The van der Waals surface area contributed by atoms with Gasteiger partial charge in [-0.25, -0.2) is 0 Å². The summed E-state index contributed by atoms with van der Waals surface area (Å²) in [5, 5.41) is 0. The number of hydrogen-bond donors (Lipinski definition) is 0. The van der Waals surface area contributed by atoms with Crippen molar-refractivity contribution in [3.8, 4) is 0 Å². The molecular formula is C9H16BrN. The van der Waals surface area contributed by atoms with Crippen molar-refractivity contribution in [2.75, 3.05) is 13.1 Å². The van der Waals surface area contributed by atoms with Crippen LogP contribution < -0.4 is 0 Å². The topological polar surface area (TPSA) is 3.24 Å². The standard InChI is InChI=1S/C9H15N.BrH/c1-3-6-10-7-4-9(2)5-8-10;/h4-5,7H,3,6,8H2,1-2H3;1H. The van der Waals surface area contributed by atoms with Crippen molar-refractivity contribution in [3.63, 3.8) is 0 Å². The third kappa shape index (κ3) is 3.61. The average molecular weight is 218 g/mol. The summed E-state index contributed by atoms with van der Waals surface area (Å²) in [7, 11) is 0. The van der Waals surface area contributed by atoms with Crippen molar-refractivity contribution in [1.82, 2.24) is 4.90 Å². The van der Waals surface area contributed by atoms with Crippen molar-refractivity contribution in [1.29, 1.82) is 0 Å². The van der Waals surface area contributed by atoms with E-state index in [1.54, 1.807) is 0 Å². The molecule has 1 aliphatic heterocycles. The third-order valence-corrected chi connectivity index (χ3v) is 1.71. The van der Waals surface area contributed by atoms with E-state index in [9.17, 15) is 0 Å². The van der Waals surface area contributed by atoms with Gasteiger partial charge >= 0.3 is 0 Å². The van der Waals surface area contributed by atoms with Crippen LogP contribution in [0, 0.1) is 0 Å². The van der Waals surface area contributed by atoms with E-state index in [1.165, 1.54) is 18.5 Å². The number of nitrogens with zero attached hydrogens (tertiary/aromatic N) is 1. The molecule has 0 aromatic heterocycles. The van der Waals surface area contributed by atoms with Crippen LogP contribution in [-0.2, 0) is 0 Å². The maximum absolute atomic E-state index is 2.33. The van der Waals surface area contributed by atoms with Crippen LogP contribution in [0.2, 0.25) is 0 Å². The van der Waals surface area contributed by atoms with Crippen LogP contribution in [0.1, 0.15) is 20.3 Å². The Kier molecular flexibility index (Phi) is 5.30. The van der Waals surface area contributed by atoms with Gasteiger partial charge in [0.2, 0.25) is 0 Å². The van der Waals surface area contributed by atoms with E-state index in [2.05, 4.69) is 37.1 Å². The lowest BCUT2D eigenvalue weighted by atomic mass is 10.2. The van der Waals surface area contributed by atoms with Gasteiger partial charge in [0.15, 0.2) is 0 Å². The first kappa shape index (κ1) is 10.8. The monoisotopic (exact) mass is 217 g/mol. The Hall–Kier alpha value is -0.240. The lowest BCUT2D eigenvalue weighted by Crippen LogP contribution is -2.20. The minimum Gasteiger partial charge on any atom is -0.374 e. The van der Waals surface area contributed by atoms with Crippen molar-refractivity contribution in [2.24, 2.45) is 0 Å². The molecule has 1 nitrogen and oxygen atoms in total. The fourth-order valence-electron chi connectivity index (χ4n) is 1.07. The highest BCUT2D eigenvalue weighted by Gasteiger charge is 1.98. The summed E-state index contributed by atoms with van der Waals surface area (Å²) >= 11 is 0. The summed E-state index contributed by atoms with van der Waals surface area (Å²) in [4.78, 5) is 2.33. The lowest BCUT2D eigenvalue weighted by molar-refractivity contribution is 0.409. The third-order valence-electron chi connectivity index (χ3n) is 1.71. The molecule has 0 spiro atoms. The van der Waals surface area contributed by atoms with Crippen molar-refractivity contribution >= 4 is 17.0 Å². The van der Waals surface area contributed by atoms with Crippen LogP contribution in [0.4, 0.5) is 0 Å². The van der Waals surface area contributed by atoms with Gasteiger partial charge in [-0.15, -0.1) is 17.0 Å². The Morgan fingerprint density at radius 1 is 1.55 bits per heavy atom. The van der Waals surface area contributed by atoms with Gasteiger partial charge in [-0.05, 0) is 25.6 Å². The van der Waals surface area contributed by atoms with Gasteiger partial charge in [0.1, 0.15) is 0 Å².